The van der Waals surface area contributed by atoms with Gasteiger partial charge in [-0.25, -0.2) is 19.6 Å². The molecule has 0 spiro atoms. The Morgan fingerprint density at radius 1 is 1.12 bits per heavy atom. The lowest BCUT2D eigenvalue weighted by atomic mass is 10.0. The van der Waals surface area contributed by atoms with Gasteiger partial charge < -0.3 is 14.6 Å². The lowest BCUT2D eigenvalue weighted by molar-refractivity contribution is 0.102. The number of amides is 1. The molecule has 4 aromatic heterocycles. The Kier molecular flexibility index (Phi) is 7.91. The van der Waals surface area contributed by atoms with Crippen molar-refractivity contribution in [3.05, 3.63) is 65.7 Å². The van der Waals surface area contributed by atoms with Crippen LogP contribution in [0.1, 0.15) is 55.4 Å². The van der Waals surface area contributed by atoms with Crippen molar-refractivity contribution in [3.63, 3.8) is 0 Å². The molecular formula is C28H36N10O2Si. The standard InChI is InChI=1S/C28H36N10O2Si/c1-19(18-40-41(5,6)28(2,3)4)38-25(34-35-36-38)22-9-7-10-24(32-22)33-26(39)23-15-21-17-37(14-11-20(21)16-31-23)27-29-12-8-13-30-27/h7-10,12-13,15-16,19H,11,14,17-18H2,1-6H3,(H,32,33,39)/t19-/m1/s1. The van der Waals surface area contributed by atoms with Gasteiger partial charge in [-0.3, -0.25) is 9.78 Å². The second kappa shape index (κ2) is 11.4. The molecular weight excluding hydrogens is 536 g/mol. The smallest absolute Gasteiger partial charge is 0.275 e. The van der Waals surface area contributed by atoms with E-state index < -0.39 is 8.32 Å². The number of nitrogens with one attached hydrogen (secondary N) is 1. The van der Waals surface area contributed by atoms with Gasteiger partial charge in [0.05, 0.1) is 12.6 Å². The summed E-state index contributed by atoms with van der Waals surface area (Å²) < 4.78 is 8.11. The average molecular weight is 573 g/mol. The lowest BCUT2D eigenvalue weighted by Gasteiger charge is -2.36. The Bertz CT molecular complexity index is 1520. The molecule has 41 heavy (non-hydrogen) atoms. The van der Waals surface area contributed by atoms with Crippen LogP contribution in [0.3, 0.4) is 0 Å². The number of hydrogen-bond acceptors (Lipinski definition) is 10. The van der Waals surface area contributed by atoms with E-state index in [0.29, 0.717) is 42.1 Å². The van der Waals surface area contributed by atoms with Gasteiger partial charge in [-0.2, -0.15) is 0 Å². The number of pyridine rings is 2. The van der Waals surface area contributed by atoms with E-state index >= 15 is 0 Å². The van der Waals surface area contributed by atoms with Gasteiger partial charge in [0.25, 0.3) is 5.91 Å². The van der Waals surface area contributed by atoms with Gasteiger partial charge in [0.2, 0.25) is 11.8 Å². The van der Waals surface area contributed by atoms with Gasteiger partial charge in [0, 0.05) is 31.7 Å². The fraction of sp³-hybridized carbons (Fsp3) is 0.429. The summed E-state index contributed by atoms with van der Waals surface area (Å²) in [5.41, 5.74) is 3.00. The van der Waals surface area contributed by atoms with Crippen LogP contribution in [0.2, 0.25) is 18.1 Å². The summed E-state index contributed by atoms with van der Waals surface area (Å²) in [6.07, 6.45) is 6.04. The van der Waals surface area contributed by atoms with Crippen LogP contribution in [0.25, 0.3) is 11.5 Å². The van der Waals surface area contributed by atoms with E-state index in [4.69, 9.17) is 4.43 Å². The van der Waals surface area contributed by atoms with E-state index in [1.165, 1.54) is 0 Å². The minimum absolute atomic E-state index is 0.102. The monoisotopic (exact) mass is 572 g/mol. The second-order valence-electron chi connectivity index (χ2n) is 11.8. The van der Waals surface area contributed by atoms with Crippen LogP contribution in [-0.2, 0) is 17.4 Å². The van der Waals surface area contributed by atoms with E-state index in [1.54, 1.807) is 35.4 Å². The third-order valence-electron chi connectivity index (χ3n) is 7.78. The fourth-order valence-corrected chi connectivity index (χ4v) is 5.36. The summed E-state index contributed by atoms with van der Waals surface area (Å²) in [6.45, 7) is 15.0. The Balaban J connectivity index is 1.28. The number of tetrazole rings is 1. The van der Waals surface area contributed by atoms with Crippen molar-refractivity contribution >= 4 is 26.0 Å². The second-order valence-corrected chi connectivity index (χ2v) is 16.6. The molecule has 5 rings (SSSR count). The highest BCUT2D eigenvalue weighted by Gasteiger charge is 2.37. The van der Waals surface area contributed by atoms with Crippen molar-refractivity contribution < 1.29 is 9.22 Å². The topological polar surface area (TPSA) is 137 Å². The molecule has 0 aromatic carbocycles. The third kappa shape index (κ3) is 6.30. The summed E-state index contributed by atoms with van der Waals surface area (Å²) >= 11 is 0. The molecule has 214 valence electrons. The zero-order valence-corrected chi connectivity index (χ0v) is 25.4. The maximum absolute atomic E-state index is 13.2. The van der Waals surface area contributed by atoms with Crippen LogP contribution >= 0.6 is 0 Å². The van der Waals surface area contributed by atoms with Gasteiger partial charge in [-0.1, -0.05) is 26.8 Å². The first-order valence-electron chi connectivity index (χ1n) is 13.7. The largest absolute Gasteiger partial charge is 0.415 e. The van der Waals surface area contributed by atoms with Crippen molar-refractivity contribution in [1.82, 2.24) is 40.1 Å². The van der Waals surface area contributed by atoms with Gasteiger partial charge in [-0.15, -0.1) is 5.10 Å². The van der Waals surface area contributed by atoms with E-state index in [9.17, 15) is 4.79 Å². The molecule has 0 fully saturated rings. The quantitative estimate of drug-likeness (QED) is 0.304. The molecule has 1 N–H and O–H groups in total. The Morgan fingerprint density at radius 3 is 2.66 bits per heavy atom. The zero-order valence-electron chi connectivity index (χ0n) is 24.4. The van der Waals surface area contributed by atoms with Crippen molar-refractivity contribution in [2.45, 2.75) is 64.8 Å². The van der Waals surface area contributed by atoms with Crippen LogP contribution in [0.4, 0.5) is 11.8 Å². The molecule has 0 saturated carbocycles. The summed E-state index contributed by atoms with van der Waals surface area (Å²) in [5, 5.41) is 15.3. The summed E-state index contributed by atoms with van der Waals surface area (Å²) in [4.78, 5) is 33.0. The van der Waals surface area contributed by atoms with E-state index in [0.717, 1.165) is 24.1 Å². The molecule has 0 radical (unpaired) electrons. The molecule has 5 heterocycles. The van der Waals surface area contributed by atoms with E-state index in [-0.39, 0.29) is 17.0 Å². The maximum Gasteiger partial charge on any atom is 0.275 e. The van der Waals surface area contributed by atoms with E-state index in [1.807, 2.05) is 25.1 Å². The number of aromatic nitrogens is 8. The van der Waals surface area contributed by atoms with Crippen LogP contribution in [0, 0.1) is 0 Å². The molecule has 12 nitrogen and oxygen atoms in total. The molecule has 13 heteroatoms. The molecule has 1 amide bonds. The van der Waals surface area contributed by atoms with Gasteiger partial charge in [-0.05, 0) is 77.3 Å². The van der Waals surface area contributed by atoms with E-state index in [2.05, 4.69) is 79.5 Å². The van der Waals surface area contributed by atoms with Crippen molar-refractivity contribution in [2.75, 3.05) is 23.4 Å². The Morgan fingerprint density at radius 2 is 1.90 bits per heavy atom. The maximum atomic E-state index is 13.2. The fourth-order valence-electron chi connectivity index (χ4n) is 4.27. The number of carbonyl (C=O) groups excluding carboxylic acids is 1. The first-order chi connectivity index (χ1) is 19.5. The number of fused-ring (bicyclic) bond motifs is 1. The van der Waals surface area contributed by atoms with Gasteiger partial charge in [0.15, 0.2) is 8.32 Å². The van der Waals surface area contributed by atoms with Crippen LogP contribution < -0.4 is 10.2 Å². The summed E-state index contributed by atoms with van der Waals surface area (Å²) in [7, 11) is -1.93. The molecule has 0 bridgehead atoms. The van der Waals surface area contributed by atoms with Gasteiger partial charge >= 0.3 is 0 Å². The number of rotatable bonds is 8. The summed E-state index contributed by atoms with van der Waals surface area (Å²) in [5.74, 6) is 1.21. The lowest BCUT2D eigenvalue weighted by Crippen LogP contribution is -2.42. The average Bonchev–Trinajstić information content (AvgIpc) is 3.46. The molecule has 4 aromatic rings. The molecule has 1 aliphatic heterocycles. The molecule has 0 aliphatic carbocycles. The zero-order chi connectivity index (χ0) is 29.2. The third-order valence-corrected chi connectivity index (χ3v) is 12.3. The first kappa shape index (κ1) is 28.4. The number of nitrogens with zero attached hydrogens (tertiary/aromatic N) is 9. The van der Waals surface area contributed by atoms with Gasteiger partial charge in [0.1, 0.15) is 17.2 Å². The predicted octanol–water partition coefficient (Wildman–Crippen LogP) is 4.32. The number of hydrogen-bond donors (Lipinski definition) is 1. The highest BCUT2D eigenvalue weighted by Crippen LogP contribution is 2.37. The summed E-state index contributed by atoms with van der Waals surface area (Å²) in [6, 6.07) is 8.88. The van der Waals surface area contributed by atoms with Crippen LogP contribution in [0.5, 0.6) is 0 Å². The highest BCUT2D eigenvalue weighted by molar-refractivity contribution is 6.74. The van der Waals surface area contributed by atoms with Crippen LogP contribution in [-0.4, -0.2) is 67.5 Å². The Labute approximate surface area is 240 Å². The predicted molar refractivity (Wildman–Crippen MR) is 158 cm³/mol. The molecule has 1 aliphatic rings. The Hall–Kier alpha value is -4.10. The minimum atomic E-state index is -1.93. The minimum Gasteiger partial charge on any atom is -0.415 e. The molecule has 0 unspecified atom stereocenters. The SMILES string of the molecule is C[C@H](CO[Si](C)(C)C(C)(C)C)n1nnnc1-c1cccc(NC(=O)c2cc3c(cn2)CCN(c2ncccn2)C3)n1. The molecule has 1 atom stereocenters. The van der Waals surface area contributed by atoms with Crippen molar-refractivity contribution in [1.29, 1.82) is 0 Å². The first-order valence-corrected chi connectivity index (χ1v) is 16.6. The normalized spacial score (nSPS) is 14.4. The highest BCUT2D eigenvalue weighted by atomic mass is 28.4. The van der Waals surface area contributed by atoms with Crippen molar-refractivity contribution in [3.8, 4) is 11.5 Å². The number of carbonyl (C=O) groups is 1. The number of anilines is 2. The molecule has 0 saturated heterocycles. The van der Waals surface area contributed by atoms with Crippen LogP contribution in [0.15, 0.2) is 48.9 Å². The van der Waals surface area contributed by atoms with Crippen molar-refractivity contribution in [2.24, 2.45) is 0 Å².